The average molecular weight is 971 g/mol. The first-order chi connectivity index (χ1) is 27.8. The minimum Gasteiger partial charge on any atom is -0.465 e. The fraction of sp³-hybridized carbons (Fsp3) is 0.318. The molecule has 0 saturated carbocycles. The van der Waals surface area contributed by atoms with E-state index in [1.54, 1.807) is 0 Å². The van der Waals surface area contributed by atoms with Crippen LogP contribution in [0.25, 0.3) is 22.3 Å². The van der Waals surface area contributed by atoms with Gasteiger partial charge in [0.25, 0.3) is 5.56 Å². The Kier molecular flexibility index (Phi) is 19.9. The van der Waals surface area contributed by atoms with E-state index in [4.69, 9.17) is 39.2 Å². The molecule has 2 unspecified atom stereocenters. The molecule has 0 saturated heterocycles. The number of fused-ring (bicyclic) bond motifs is 7. The van der Waals surface area contributed by atoms with Crippen LogP contribution in [0.2, 0.25) is 0 Å². The van der Waals surface area contributed by atoms with Crippen molar-refractivity contribution in [2.75, 3.05) is 6.61 Å². The molecule has 2 aromatic heterocycles. The van der Waals surface area contributed by atoms with Crippen molar-refractivity contribution in [3.05, 3.63) is 133 Å². The number of carbonyl (C=O) groups excluding carboxylic acids is 7. The van der Waals surface area contributed by atoms with E-state index in [1.165, 1.54) is 38.9 Å². The van der Waals surface area contributed by atoms with Gasteiger partial charge in [-0.05, 0) is 81.1 Å². The van der Waals surface area contributed by atoms with Gasteiger partial charge in [-0.3, -0.25) is 9.59 Å². The summed E-state index contributed by atoms with van der Waals surface area (Å²) in [6, 6.07) is 18.7. The maximum Gasteiger partial charge on any atom is 0.373 e. The van der Waals surface area contributed by atoms with Crippen molar-refractivity contribution < 1.29 is 59.4 Å². The summed E-state index contributed by atoms with van der Waals surface area (Å²) in [5.41, 5.74) is 20.7. The average Bonchev–Trinajstić information content (AvgIpc) is 3.85. The Morgan fingerprint density at radius 2 is 1.31 bits per heavy atom. The molecule has 3 aliphatic carbocycles. The number of aromatic amines is 1. The zero-order valence-corrected chi connectivity index (χ0v) is 36.5. The first-order valence-corrected chi connectivity index (χ1v) is 18.4. The number of hydrogen-bond donors (Lipinski definition) is 2. The Labute approximate surface area is 355 Å². The van der Waals surface area contributed by atoms with Crippen molar-refractivity contribution in [3.63, 3.8) is 0 Å². The molecule has 0 bridgehead atoms. The van der Waals surface area contributed by atoms with Crippen LogP contribution in [-0.2, 0) is 91.5 Å². The van der Waals surface area contributed by atoms with Gasteiger partial charge in [0, 0.05) is 45.8 Å². The van der Waals surface area contributed by atoms with Gasteiger partial charge in [0.1, 0.15) is 5.82 Å². The fourth-order valence-electron chi connectivity index (χ4n) is 7.00. The van der Waals surface area contributed by atoms with Gasteiger partial charge in [-0.1, -0.05) is 96.3 Å². The van der Waals surface area contributed by atoms with Gasteiger partial charge in [-0.2, -0.15) is 28.8 Å². The van der Waals surface area contributed by atoms with Gasteiger partial charge < -0.3 is 25.4 Å². The largest absolute Gasteiger partial charge is 0.465 e. The monoisotopic (exact) mass is 970 g/mol. The van der Waals surface area contributed by atoms with E-state index in [2.05, 4.69) is 77.2 Å². The zero-order chi connectivity index (χ0) is 42.9. The number of H-pyrrole nitrogens is 1. The quantitative estimate of drug-likeness (QED) is 0.180. The summed E-state index contributed by atoms with van der Waals surface area (Å²) < 4.78 is 5.06. The van der Waals surface area contributed by atoms with Gasteiger partial charge in [0.05, 0.1) is 23.8 Å². The van der Waals surface area contributed by atoms with Crippen LogP contribution in [0.5, 0.6) is 0 Å². The van der Waals surface area contributed by atoms with Crippen molar-refractivity contribution in [1.29, 1.82) is 0 Å². The number of esters is 1. The number of aryl methyl sites for hydroxylation is 5. The van der Waals surface area contributed by atoms with E-state index in [9.17, 15) is 9.59 Å². The third kappa shape index (κ3) is 12.7. The third-order valence-electron chi connectivity index (χ3n) is 9.38. The molecule has 3 N–H and O–H groups in total. The van der Waals surface area contributed by atoms with E-state index < -0.39 is 0 Å². The Bertz CT molecular complexity index is 2380. The molecule has 0 radical (unpaired) electrons. The van der Waals surface area contributed by atoms with Crippen molar-refractivity contribution in [1.82, 2.24) is 19.9 Å². The van der Waals surface area contributed by atoms with Gasteiger partial charge in [-0.25, -0.2) is 4.98 Å². The van der Waals surface area contributed by atoms with Crippen LogP contribution in [0, 0.1) is 27.0 Å². The standard InChI is InChI=1S/C14H14N2O.C14H13N2.C13H17NO2.3CO2.W/c1-3-12-15-11-7-9-6-8(2)4-5-10(9)13(11)14(17)16-12;1-3-14-15-8-12-11-5-4-9(2)6-10(11)7-13(12)16-14;1-3-16-13(15)12-10-5-4-8(2)6-9(10)7-11(12)14;3*2-1-3;/h4-6H,3,7H2,1-2H3,(H,15,16,17);4-6H,3,7H2,1-2H3;4-6,11-12H,3,7,14H2,1-2H3;;;;/q;-1;;;;;. The van der Waals surface area contributed by atoms with E-state index in [0.717, 1.165) is 77.4 Å². The Balaban J connectivity index is 0.000000275. The molecule has 0 aliphatic heterocycles. The van der Waals surface area contributed by atoms with Crippen LogP contribution >= 0.6 is 0 Å². The van der Waals surface area contributed by atoms with Crippen LogP contribution in [0.15, 0.2) is 59.4 Å². The SMILES string of the molecule is CCOC(=O)C1c2ccc(C)cc2CC1N.CCc1n[c-]c2c(n1)Cc1cc(C)ccc1-2.CCc1nc2c(c(=O)[nH]1)-c1ccc(C)cc1C2.O=C=O.O=C=O.O=C=O.[W]. The van der Waals surface area contributed by atoms with Crippen molar-refractivity contribution in [2.45, 2.75) is 85.6 Å². The van der Waals surface area contributed by atoms with E-state index >= 15 is 0 Å². The Morgan fingerprint density at radius 3 is 1.86 bits per heavy atom. The maximum atomic E-state index is 12.0. The number of ether oxygens (including phenoxy) is 1. The molecule has 2 atom stereocenters. The molecule has 5 aromatic rings. The number of hydrogen-bond acceptors (Lipinski definition) is 13. The van der Waals surface area contributed by atoms with E-state index in [-0.39, 0.29) is 63.0 Å². The molecule has 15 heteroatoms. The third-order valence-corrected chi connectivity index (χ3v) is 9.38. The van der Waals surface area contributed by atoms with Crippen molar-refractivity contribution >= 4 is 24.4 Å². The second kappa shape index (κ2) is 24.0. The smallest absolute Gasteiger partial charge is 0.373 e. The topological polar surface area (TPSA) is 226 Å². The molecular formula is C44H44N5O9W-. The number of carbonyl (C=O) groups is 1. The van der Waals surface area contributed by atoms with Crippen LogP contribution in [0.3, 0.4) is 0 Å². The van der Waals surface area contributed by atoms with E-state index in [1.807, 2.05) is 45.0 Å². The van der Waals surface area contributed by atoms with Gasteiger partial charge in [-0.15, -0.1) is 5.56 Å². The zero-order valence-electron chi connectivity index (χ0n) is 33.6. The van der Waals surface area contributed by atoms with E-state index in [0.29, 0.717) is 6.61 Å². The van der Waals surface area contributed by atoms with Crippen molar-refractivity contribution in [3.8, 4) is 22.3 Å². The molecule has 306 valence electrons. The summed E-state index contributed by atoms with van der Waals surface area (Å²) in [5.74, 6) is 1.19. The predicted octanol–water partition coefficient (Wildman–Crippen LogP) is 4.70. The number of rotatable bonds is 4. The summed E-state index contributed by atoms with van der Waals surface area (Å²) in [5, 5.41) is 0. The molecule has 0 spiro atoms. The molecule has 2 heterocycles. The summed E-state index contributed by atoms with van der Waals surface area (Å²) in [6.07, 6.45) is 7.99. The Hall–Kier alpha value is -6.12. The van der Waals surface area contributed by atoms with Crippen LogP contribution in [0.4, 0.5) is 0 Å². The number of nitrogens with two attached hydrogens (primary N) is 1. The van der Waals surface area contributed by atoms with Crippen LogP contribution in [0.1, 0.15) is 88.7 Å². The first kappa shape index (κ1) is 49.0. The summed E-state index contributed by atoms with van der Waals surface area (Å²) >= 11 is 0. The minimum atomic E-state index is -0.282. The second-order valence-corrected chi connectivity index (χ2v) is 13.3. The van der Waals surface area contributed by atoms with Gasteiger partial charge in [0.2, 0.25) is 0 Å². The molecule has 0 fully saturated rings. The number of benzene rings is 3. The van der Waals surface area contributed by atoms with Gasteiger partial charge in [0.15, 0.2) is 0 Å². The van der Waals surface area contributed by atoms with Gasteiger partial charge >= 0.3 is 24.4 Å². The molecular weight excluding hydrogens is 926 g/mol. The maximum absolute atomic E-state index is 12.0. The van der Waals surface area contributed by atoms with Crippen LogP contribution in [-0.4, -0.2) is 57.0 Å². The predicted molar refractivity (Wildman–Crippen MR) is 208 cm³/mol. The number of aromatic nitrogens is 4. The molecule has 3 aromatic carbocycles. The molecule has 14 nitrogen and oxygen atoms in total. The number of nitrogens with one attached hydrogen (secondary N) is 1. The minimum absolute atomic E-state index is 0. The number of nitrogens with zero attached hydrogens (tertiary/aromatic N) is 3. The normalized spacial score (nSPS) is 13.5. The summed E-state index contributed by atoms with van der Waals surface area (Å²) in [4.78, 5) is 88.8. The molecule has 3 aliphatic rings. The van der Waals surface area contributed by atoms with Crippen LogP contribution < -0.4 is 11.3 Å². The second-order valence-electron chi connectivity index (χ2n) is 13.3. The first-order valence-electron chi connectivity index (χ1n) is 18.4. The molecule has 59 heavy (non-hydrogen) atoms. The van der Waals surface area contributed by atoms with Crippen molar-refractivity contribution in [2.24, 2.45) is 5.73 Å². The summed E-state index contributed by atoms with van der Waals surface area (Å²) in [7, 11) is 0. The Morgan fingerprint density at radius 1 is 0.780 bits per heavy atom. The fourth-order valence-corrected chi connectivity index (χ4v) is 7.00. The molecule has 8 rings (SSSR count). The molecule has 0 amide bonds. The summed E-state index contributed by atoms with van der Waals surface area (Å²) in [6.45, 7) is 12.5.